The Kier molecular flexibility index (Phi) is 5.23. The van der Waals surface area contributed by atoms with Gasteiger partial charge in [-0.15, -0.1) is 0 Å². The van der Waals surface area contributed by atoms with E-state index in [0.29, 0.717) is 19.4 Å². The lowest BCUT2D eigenvalue weighted by Crippen LogP contribution is -2.31. The predicted molar refractivity (Wildman–Crippen MR) is 120 cm³/mol. The van der Waals surface area contributed by atoms with Gasteiger partial charge >= 0.3 is 0 Å². The molecule has 0 saturated carbocycles. The topological polar surface area (TPSA) is 51.7 Å². The molecule has 0 spiro atoms. The fourth-order valence-corrected chi connectivity index (χ4v) is 3.77. The number of amides is 1. The molecule has 31 heavy (non-hydrogen) atoms. The smallest absolute Gasteiger partial charge is 0.231 e. The number of hydrogen-bond donors (Lipinski definition) is 0. The van der Waals surface area contributed by atoms with Crippen LogP contribution < -0.4 is 14.4 Å². The third-order valence-corrected chi connectivity index (χ3v) is 5.41. The molecular weight excluding hydrogens is 388 g/mol. The highest BCUT2D eigenvalue weighted by Crippen LogP contribution is 2.33. The summed E-state index contributed by atoms with van der Waals surface area (Å²) >= 11 is 0. The second kappa shape index (κ2) is 8.48. The molecule has 0 bridgehead atoms. The molecule has 0 saturated heterocycles. The van der Waals surface area contributed by atoms with E-state index in [1.54, 1.807) is 0 Å². The van der Waals surface area contributed by atoms with Gasteiger partial charge in [-0.3, -0.25) is 9.78 Å². The van der Waals surface area contributed by atoms with E-state index in [9.17, 15) is 4.79 Å². The van der Waals surface area contributed by atoms with Crippen molar-refractivity contribution in [3.05, 3.63) is 96.2 Å². The summed E-state index contributed by atoms with van der Waals surface area (Å²) in [5, 5.41) is 1.09. The van der Waals surface area contributed by atoms with E-state index >= 15 is 0 Å². The average molecular weight is 410 g/mol. The first-order chi connectivity index (χ1) is 15.3. The van der Waals surface area contributed by atoms with Crippen LogP contribution >= 0.6 is 0 Å². The minimum absolute atomic E-state index is 0.0545. The molecule has 0 radical (unpaired) electrons. The first-order valence-electron chi connectivity index (χ1n) is 10.3. The lowest BCUT2D eigenvalue weighted by atomic mass is 10.1. The molecule has 5 heteroatoms. The van der Waals surface area contributed by atoms with Crippen molar-refractivity contribution in [2.75, 3.05) is 11.7 Å². The van der Waals surface area contributed by atoms with Crippen molar-refractivity contribution in [3.63, 3.8) is 0 Å². The van der Waals surface area contributed by atoms with Gasteiger partial charge in [0.1, 0.15) is 0 Å². The van der Waals surface area contributed by atoms with Crippen molar-refractivity contribution >= 4 is 22.5 Å². The van der Waals surface area contributed by atoms with Crippen LogP contribution in [0.4, 0.5) is 5.69 Å². The summed E-state index contributed by atoms with van der Waals surface area (Å²) in [5.41, 5.74) is 3.71. The molecule has 1 aromatic heterocycles. The van der Waals surface area contributed by atoms with Crippen LogP contribution in [-0.4, -0.2) is 17.7 Å². The van der Waals surface area contributed by atoms with E-state index in [2.05, 4.69) is 6.07 Å². The van der Waals surface area contributed by atoms with Crippen molar-refractivity contribution in [1.29, 1.82) is 0 Å². The fourth-order valence-electron chi connectivity index (χ4n) is 3.77. The zero-order valence-corrected chi connectivity index (χ0v) is 17.0. The SMILES string of the molecule is O=C(CCc1ccc2c(c1)OCO2)N(Cc1ccc2ccccc2n1)c1ccccc1. The Hall–Kier alpha value is -3.86. The molecule has 0 aliphatic carbocycles. The minimum atomic E-state index is 0.0545. The summed E-state index contributed by atoms with van der Waals surface area (Å²) in [7, 11) is 0. The quantitative estimate of drug-likeness (QED) is 0.442. The lowest BCUT2D eigenvalue weighted by molar-refractivity contribution is -0.118. The number of ether oxygens (including phenoxy) is 2. The Balaban J connectivity index is 1.36. The van der Waals surface area contributed by atoms with Crippen LogP contribution in [0.5, 0.6) is 11.5 Å². The second-order valence-corrected chi connectivity index (χ2v) is 7.50. The summed E-state index contributed by atoms with van der Waals surface area (Å²) < 4.78 is 10.8. The summed E-state index contributed by atoms with van der Waals surface area (Å²) in [6, 6.07) is 27.6. The number of aromatic nitrogens is 1. The van der Waals surface area contributed by atoms with Crippen LogP contribution in [0.3, 0.4) is 0 Å². The van der Waals surface area contributed by atoms with Gasteiger partial charge in [0.25, 0.3) is 0 Å². The summed E-state index contributed by atoms with van der Waals surface area (Å²) in [6.07, 6.45) is 1.02. The number of aryl methyl sites for hydroxylation is 1. The minimum Gasteiger partial charge on any atom is -0.454 e. The Bertz CT molecular complexity index is 1220. The van der Waals surface area contributed by atoms with Gasteiger partial charge in [-0.1, -0.05) is 48.5 Å². The largest absolute Gasteiger partial charge is 0.454 e. The highest BCUT2D eigenvalue weighted by molar-refractivity contribution is 5.93. The first-order valence-corrected chi connectivity index (χ1v) is 10.3. The monoisotopic (exact) mass is 410 g/mol. The van der Waals surface area contributed by atoms with Gasteiger partial charge in [0, 0.05) is 17.5 Å². The van der Waals surface area contributed by atoms with Gasteiger partial charge < -0.3 is 14.4 Å². The highest BCUT2D eigenvalue weighted by Gasteiger charge is 2.18. The second-order valence-electron chi connectivity index (χ2n) is 7.50. The molecule has 2 heterocycles. The maximum absolute atomic E-state index is 13.3. The number of nitrogens with zero attached hydrogens (tertiary/aromatic N) is 2. The van der Waals surface area contributed by atoms with Gasteiger partial charge in [0.15, 0.2) is 11.5 Å². The molecule has 1 amide bonds. The molecule has 0 unspecified atom stereocenters. The maximum atomic E-state index is 13.3. The van der Waals surface area contributed by atoms with Crippen molar-refractivity contribution < 1.29 is 14.3 Å². The number of hydrogen-bond acceptors (Lipinski definition) is 4. The molecular formula is C26H22N2O3. The van der Waals surface area contributed by atoms with Crippen LogP contribution in [0.25, 0.3) is 10.9 Å². The third-order valence-electron chi connectivity index (χ3n) is 5.41. The van der Waals surface area contributed by atoms with Crippen LogP contribution in [0.1, 0.15) is 17.7 Å². The van der Waals surface area contributed by atoms with Crippen LogP contribution in [-0.2, 0) is 17.8 Å². The van der Waals surface area contributed by atoms with Crippen molar-refractivity contribution in [3.8, 4) is 11.5 Å². The van der Waals surface area contributed by atoms with Crippen LogP contribution in [0.2, 0.25) is 0 Å². The van der Waals surface area contributed by atoms with Crippen LogP contribution in [0, 0.1) is 0 Å². The Morgan fingerprint density at radius 1 is 0.871 bits per heavy atom. The van der Waals surface area contributed by atoms with E-state index in [1.165, 1.54) is 0 Å². The summed E-state index contributed by atoms with van der Waals surface area (Å²) in [4.78, 5) is 19.8. The van der Waals surface area contributed by atoms with E-state index in [-0.39, 0.29) is 12.7 Å². The zero-order chi connectivity index (χ0) is 21.0. The van der Waals surface area contributed by atoms with Crippen molar-refractivity contribution in [2.24, 2.45) is 0 Å². The number of para-hydroxylation sites is 2. The molecule has 4 aromatic rings. The Morgan fingerprint density at radius 2 is 1.68 bits per heavy atom. The van der Waals surface area contributed by atoms with Gasteiger partial charge in [0.2, 0.25) is 12.7 Å². The number of anilines is 1. The van der Waals surface area contributed by atoms with E-state index in [1.807, 2.05) is 83.8 Å². The Labute approximate surface area is 180 Å². The number of benzene rings is 3. The summed E-state index contributed by atoms with van der Waals surface area (Å²) in [6.45, 7) is 0.674. The van der Waals surface area contributed by atoms with Crippen LogP contribution in [0.15, 0.2) is 84.9 Å². The third kappa shape index (κ3) is 4.21. The standard InChI is InChI=1S/C26H22N2O3/c29-26(15-11-19-10-14-24-25(16-19)31-18-30-24)28(22-7-2-1-3-8-22)17-21-13-12-20-6-4-5-9-23(20)27-21/h1-10,12-14,16H,11,15,17-18H2. The molecule has 1 aliphatic rings. The number of rotatable bonds is 6. The first kappa shape index (κ1) is 19.1. The van der Waals surface area contributed by atoms with Gasteiger partial charge in [-0.05, 0) is 48.4 Å². The predicted octanol–water partition coefficient (Wildman–Crippen LogP) is 5.13. The molecule has 1 aliphatic heterocycles. The van der Waals surface area contributed by atoms with Gasteiger partial charge in [-0.2, -0.15) is 0 Å². The van der Waals surface area contributed by atoms with E-state index in [0.717, 1.165) is 39.3 Å². The number of carbonyl (C=O) groups excluding carboxylic acids is 1. The number of fused-ring (bicyclic) bond motifs is 2. The molecule has 0 atom stereocenters. The lowest BCUT2D eigenvalue weighted by Gasteiger charge is -2.23. The summed E-state index contributed by atoms with van der Waals surface area (Å²) in [5.74, 6) is 1.55. The van der Waals surface area contributed by atoms with E-state index in [4.69, 9.17) is 14.5 Å². The maximum Gasteiger partial charge on any atom is 0.231 e. The number of pyridine rings is 1. The normalized spacial score (nSPS) is 12.1. The highest BCUT2D eigenvalue weighted by atomic mass is 16.7. The molecule has 0 fully saturated rings. The molecule has 0 N–H and O–H groups in total. The molecule has 5 rings (SSSR count). The zero-order valence-electron chi connectivity index (χ0n) is 17.0. The Morgan fingerprint density at radius 3 is 2.58 bits per heavy atom. The van der Waals surface area contributed by atoms with E-state index < -0.39 is 0 Å². The molecule has 3 aromatic carbocycles. The van der Waals surface area contributed by atoms with Crippen molar-refractivity contribution in [2.45, 2.75) is 19.4 Å². The molecule has 154 valence electrons. The van der Waals surface area contributed by atoms with Gasteiger partial charge in [0.05, 0.1) is 17.8 Å². The van der Waals surface area contributed by atoms with Crippen molar-refractivity contribution in [1.82, 2.24) is 4.98 Å². The van der Waals surface area contributed by atoms with Gasteiger partial charge in [-0.25, -0.2) is 0 Å². The molecule has 5 nitrogen and oxygen atoms in total. The fraction of sp³-hybridized carbons (Fsp3) is 0.154. The average Bonchev–Trinajstić information content (AvgIpc) is 3.29. The number of carbonyl (C=O) groups is 1.